The minimum Gasteiger partial charge on any atom is -0.466 e. The van der Waals surface area contributed by atoms with Crippen molar-refractivity contribution < 1.29 is 23.9 Å². The Labute approximate surface area is 94.1 Å². The molecule has 0 N–H and O–H groups in total. The maximum atomic E-state index is 11.5. The molecule has 5 heteroatoms. The van der Waals surface area contributed by atoms with E-state index < -0.39 is 23.8 Å². The van der Waals surface area contributed by atoms with Crippen molar-refractivity contribution in [3.8, 4) is 0 Å². The summed E-state index contributed by atoms with van der Waals surface area (Å²) in [6.07, 6.45) is 0.619. The lowest BCUT2D eigenvalue weighted by atomic mass is 9.96. The predicted molar refractivity (Wildman–Crippen MR) is 54.5 cm³/mol. The Morgan fingerprint density at radius 3 is 2.31 bits per heavy atom. The molecule has 0 radical (unpaired) electrons. The lowest BCUT2D eigenvalue weighted by molar-refractivity contribution is -0.160. The quantitative estimate of drug-likeness (QED) is 0.523. The molecule has 1 aliphatic carbocycles. The SMILES string of the molecule is CCOC(=O)[C@@H]1C(=O)CC[C@H]1C(=O)OCC. The Morgan fingerprint density at radius 2 is 1.75 bits per heavy atom. The topological polar surface area (TPSA) is 69.7 Å². The number of hydrogen-bond acceptors (Lipinski definition) is 5. The average Bonchev–Trinajstić information content (AvgIpc) is 2.61. The maximum Gasteiger partial charge on any atom is 0.317 e. The van der Waals surface area contributed by atoms with Crippen molar-refractivity contribution in [2.24, 2.45) is 11.8 Å². The van der Waals surface area contributed by atoms with Crippen LogP contribution >= 0.6 is 0 Å². The molecule has 0 aliphatic heterocycles. The number of hydrogen-bond donors (Lipinski definition) is 0. The summed E-state index contributed by atoms with van der Waals surface area (Å²) in [6, 6.07) is 0. The van der Waals surface area contributed by atoms with Gasteiger partial charge in [0.25, 0.3) is 0 Å². The third-order valence-electron chi connectivity index (χ3n) is 2.58. The van der Waals surface area contributed by atoms with E-state index in [0.29, 0.717) is 6.42 Å². The van der Waals surface area contributed by atoms with Crippen LogP contribution in [0.25, 0.3) is 0 Å². The first-order valence-electron chi connectivity index (χ1n) is 5.47. The zero-order chi connectivity index (χ0) is 12.1. The van der Waals surface area contributed by atoms with Gasteiger partial charge < -0.3 is 9.47 Å². The Kier molecular flexibility index (Phi) is 4.46. The Bertz CT molecular complexity index is 297. The molecule has 1 rings (SSSR count). The summed E-state index contributed by atoms with van der Waals surface area (Å²) in [5.41, 5.74) is 0. The van der Waals surface area contributed by atoms with E-state index in [4.69, 9.17) is 9.47 Å². The van der Waals surface area contributed by atoms with Crippen LogP contribution in [0.15, 0.2) is 0 Å². The highest BCUT2D eigenvalue weighted by molar-refractivity contribution is 6.04. The molecule has 0 heterocycles. The molecule has 0 aromatic heterocycles. The number of ether oxygens (including phenoxy) is 2. The molecule has 0 aromatic carbocycles. The van der Waals surface area contributed by atoms with Gasteiger partial charge in [0, 0.05) is 6.42 Å². The van der Waals surface area contributed by atoms with Crippen molar-refractivity contribution in [3.05, 3.63) is 0 Å². The standard InChI is InChI=1S/C11H16O5/c1-3-15-10(13)7-5-6-8(12)9(7)11(14)16-4-2/h7,9H,3-6H2,1-2H3/t7-,9+/m1/s1. The molecule has 0 unspecified atom stereocenters. The summed E-state index contributed by atoms with van der Waals surface area (Å²) in [4.78, 5) is 34.6. The largest absolute Gasteiger partial charge is 0.466 e. The molecule has 16 heavy (non-hydrogen) atoms. The van der Waals surface area contributed by atoms with Gasteiger partial charge in [-0.05, 0) is 20.3 Å². The van der Waals surface area contributed by atoms with Gasteiger partial charge in [0.05, 0.1) is 19.1 Å². The smallest absolute Gasteiger partial charge is 0.317 e. The molecular weight excluding hydrogens is 212 g/mol. The van der Waals surface area contributed by atoms with Gasteiger partial charge in [0.15, 0.2) is 0 Å². The van der Waals surface area contributed by atoms with E-state index in [2.05, 4.69) is 0 Å². The van der Waals surface area contributed by atoms with Crippen molar-refractivity contribution in [3.63, 3.8) is 0 Å². The van der Waals surface area contributed by atoms with Crippen molar-refractivity contribution in [2.45, 2.75) is 26.7 Å². The van der Waals surface area contributed by atoms with Gasteiger partial charge in [0.2, 0.25) is 0 Å². The second-order valence-electron chi connectivity index (χ2n) is 3.59. The van der Waals surface area contributed by atoms with E-state index in [9.17, 15) is 14.4 Å². The van der Waals surface area contributed by atoms with Gasteiger partial charge in [-0.2, -0.15) is 0 Å². The van der Waals surface area contributed by atoms with Gasteiger partial charge in [-0.3, -0.25) is 14.4 Å². The predicted octanol–water partition coefficient (Wildman–Crippen LogP) is 0.708. The fourth-order valence-electron chi connectivity index (χ4n) is 1.88. The zero-order valence-corrected chi connectivity index (χ0v) is 9.52. The summed E-state index contributed by atoms with van der Waals surface area (Å²) >= 11 is 0. The molecule has 0 bridgehead atoms. The molecule has 0 saturated heterocycles. The van der Waals surface area contributed by atoms with E-state index in [0.717, 1.165) is 0 Å². The molecule has 0 amide bonds. The molecule has 0 aromatic rings. The molecule has 1 aliphatic rings. The molecule has 90 valence electrons. The fourth-order valence-corrected chi connectivity index (χ4v) is 1.88. The first kappa shape index (κ1) is 12.7. The van der Waals surface area contributed by atoms with Crippen LogP contribution in [0.5, 0.6) is 0 Å². The number of ketones is 1. The summed E-state index contributed by atoms with van der Waals surface area (Å²) in [5, 5.41) is 0. The van der Waals surface area contributed by atoms with Crippen LogP contribution in [0, 0.1) is 11.8 Å². The summed E-state index contributed by atoms with van der Waals surface area (Å²) in [7, 11) is 0. The van der Waals surface area contributed by atoms with Crippen molar-refractivity contribution in [1.29, 1.82) is 0 Å². The first-order chi connectivity index (χ1) is 7.61. The fraction of sp³-hybridized carbons (Fsp3) is 0.727. The summed E-state index contributed by atoms with van der Waals surface area (Å²) in [5.74, 6) is -2.93. The zero-order valence-electron chi connectivity index (χ0n) is 9.52. The van der Waals surface area contributed by atoms with Crippen LogP contribution in [0.3, 0.4) is 0 Å². The van der Waals surface area contributed by atoms with Crippen LogP contribution in [0.4, 0.5) is 0 Å². The Balaban J connectivity index is 2.73. The van der Waals surface area contributed by atoms with Crippen molar-refractivity contribution >= 4 is 17.7 Å². The van der Waals surface area contributed by atoms with Gasteiger partial charge in [0.1, 0.15) is 11.7 Å². The van der Waals surface area contributed by atoms with Crippen LogP contribution in [0.2, 0.25) is 0 Å². The van der Waals surface area contributed by atoms with E-state index in [-0.39, 0.29) is 25.4 Å². The number of rotatable bonds is 4. The molecule has 1 saturated carbocycles. The second kappa shape index (κ2) is 5.63. The first-order valence-corrected chi connectivity index (χ1v) is 5.47. The van der Waals surface area contributed by atoms with Crippen LogP contribution in [0.1, 0.15) is 26.7 Å². The minimum atomic E-state index is -0.959. The third-order valence-corrected chi connectivity index (χ3v) is 2.58. The number of carbonyl (C=O) groups is 3. The van der Waals surface area contributed by atoms with Gasteiger partial charge in [-0.15, -0.1) is 0 Å². The summed E-state index contributed by atoms with van der Waals surface area (Å²) in [6.45, 7) is 3.81. The van der Waals surface area contributed by atoms with Gasteiger partial charge in [-0.1, -0.05) is 0 Å². The van der Waals surface area contributed by atoms with Crippen LogP contribution < -0.4 is 0 Å². The van der Waals surface area contributed by atoms with Crippen molar-refractivity contribution in [2.75, 3.05) is 13.2 Å². The van der Waals surface area contributed by atoms with Crippen LogP contribution in [-0.4, -0.2) is 30.9 Å². The molecule has 5 nitrogen and oxygen atoms in total. The lowest BCUT2D eigenvalue weighted by Crippen LogP contribution is -2.32. The molecular formula is C11H16O5. The Morgan fingerprint density at radius 1 is 1.19 bits per heavy atom. The van der Waals surface area contributed by atoms with Gasteiger partial charge >= 0.3 is 11.9 Å². The van der Waals surface area contributed by atoms with Crippen LogP contribution in [-0.2, 0) is 23.9 Å². The van der Waals surface area contributed by atoms with Gasteiger partial charge in [-0.25, -0.2) is 0 Å². The monoisotopic (exact) mass is 228 g/mol. The molecule has 2 atom stereocenters. The maximum absolute atomic E-state index is 11.5. The number of esters is 2. The third kappa shape index (κ3) is 2.59. The van der Waals surface area contributed by atoms with E-state index in [1.807, 2.05) is 0 Å². The minimum absolute atomic E-state index is 0.207. The summed E-state index contributed by atoms with van der Waals surface area (Å²) < 4.78 is 9.62. The van der Waals surface area contributed by atoms with Crippen molar-refractivity contribution in [1.82, 2.24) is 0 Å². The normalized spacial score (nSPS) is 24.2. The average molecular weight is 228 g/mol. The lowest BCUT2D eigenvalue weighted by Gasteiger charge is -2.15. The van der Waals surface area contributed by atoms with E-state index >= 15 is 0 Å². The Hall–Kier alpha value is -1.39. The van der Waals surface area contributed by atoms with E-state index in [1.165, 1.54) is 0 Å². The molecule has 1 fully saturated rings. The van der Waals surface area contributed by atoms with E-state index in [1.54, 1.807) is 13.8 Å². The number of Topliss-reactive ketones (excluding diaryl/α,β-unsaturated/α-hetero) is 1. The highest BCUT2D eigenvalue weighted by Gasteiger charge is 2.45. The molecule has 0 spiro atoms. The highest BCUT2D eigenvalue weighted by Crippen LogP contribution is 2.30. The highest BCUT2D eigenvalue weighted by atomic mass is 16.5. The second-order valence-corrected chi connectivity index (χ2v) is 3.59. The number of carbonyl (C=O) groups excluding carboxylic acids is 3.